The lowest BCUT2D eigenvalue weighted by molar-refractivity contribution is -0.113. The first-order chi connectivity index (χ1) is 15.0. The highest BCUT2D eigenvalue weighted by Gasteiger charge is 2.32. The molecule has 3 aromatic rings. The van der Waals surface area contributed by atoms with Gasteiger partial charge in [-0.1, -0.05) is 53.7 Å². The van der Waals surface area contributed by atoms with Crippen molar-refractivity contribution < 1.29 is 13.9 Å². The van der Waals surface area contributed by atoms with Gasteiger partial charge >= 0.3 is 0 Å². The molecule has 31 heavy (non-hydrogen) atoms. The van der Waals surface area contributed by atoms with Crippen molar-refractivity contribution in [1.29, 1.82) is 0 Å². The second kappa shape index (κ2) is 9.37. The van der Waals surface area contributed by atoms with Gasteiger partial charge in [0.25, 0.3) is 5.91 Å². The quantitative estimate of drug-likeness (QED) is 0.435. The molecule has 4 rings (SSSR count). The standard InChI is InChI=1S/C24H18ClFN2O2S/c1-30-21-4-2-3-20(14-21)28-23(29)22(13-16-7-11-19(26)12-8-16)27-24(28)31-15-17-5-9-18(25)10-6-17/h2-14H,15H2,1H3/b22-13-. The van der Waals surface area contributed by atoms with Crippen LogP contribution in [0.2, 0.25) is 5.02 Å². The summed E-state index contributed by atoms with van der Waals surface area (Å²) in [6, 6.07) is 20.7. The van der Waals surface area contributed by atoms with Crippen LogP contribution in [0.25, 0.3) is 6.08 Å². The summed E-state index contributed by atoms with van der Waals surface area (Å²) in [5.74, 6) is 0.674. The Kier molecular flexibility index (Phi) is 6.39. The summed E-state index contributed by atoms with van der Waals surface area (Å²) in [7, 11) is 1.58. The van der Waals surface area contributed by atoms with Crippen molar-refractivity contribution in [3.8, 4) is 5.75 Å². The van der Waals surface area contributed by atoms with Crippen LogP contribution in [0.4, 0.5) is 10.1 Å². The number of anilines is 1. The van der Waals surface area contributed by atoms with E-state index < -0.39 is 0 Å². The van der Waals surface area contributed by atoms with Gasteiger partial charge in [0.1, 0.15) is 17.3 Å². The van der Waals surface area contributed by atoms with Gasteiger partial charge < -0.3 is 4.74 Å². The minimum Gasteiger partial charge on any atom is -0.497 e. The van der Waals surface area contributed by atoms with Crippen LogP contribution in [0.5, 0.6) is 5.75 Å². The molecule has 0 saturated heterocycles. The molecular formula is C24H18ClFN2O2S. The van der Waals surface area contributed by atoms with Gasteiger partial charge in [-0.2, -0.15) is 0 Å². The number of amides is 1. The van der Waals surface area contributed by atoms with Crippen molar-refractivity contribution in [2.45, 2.75) is 5.75 Å². The molecule has 0 N–H and O–H groups in total. The van der Waals surface area contributed by atoms with Gasteiger partial charge in [0.05, 0.1) is 12.8 Å². The number of benzene rings is 3. The molecule has 1 aliphatic rings. The van der Waals surface area contributed by atoms with Crippen molar-refractivity contribution in [3.05, 3.63) is 100 Å². The highest BCUT2D eigenvalue weighted by Crippen LogP contribution is 2.32. The first-order valence-electron chi connectivity index (χ1n) is 9.45. The molecule has 0 fully saturated rings. The smallest absolute Gasteiger partial charge is 0.283 e. The summed E-state index contributed by atoms with van der Waals surface area (Å²) in [6.07, 6.45) is 1.66. The number of carbonyl (C=O) groups is 1. The second-order valence-corrected chi connectivity index (χ2v) is 8.11. The summed E-state index contributed by atoms with van der Waals surface area (Å²) in [5.41, 5.74) is 2.70. The minimum absolute atomic E-state index is 0.254. The van der Waals surface area contributed by atoms with Crippen LogP contribution in [0.1, 0.15) is 11.1 Å². The van der Waals surface area contributed by atoms with Gasteiger partial charge in [-0.25, -0.2) is 9.38 Å². The maximum Gasteiger partial charge on any atom is 0.283 e. The van der Waals surface area contributed by atoms with Crippen LogP contribution in [-0.2, 0) is 10.5 Å². The molecule has 1 aliphatic heterocycles. The van der Waals surface area contributed by atoms with E-state index in [0.29, 0.717) is 32.9 Å². The van der Waals surface area contributed by atoms with E-state index in [-0.39, 0.29) is 17.4 Å². The molecule has 0 aromatic heterocycles. The van der Waals surface area contributed by atoms with Crippen molar-refractivity contribution >= 4 is 46.2 Å². The highest BCUT2D eigenvalue weighted by molar-refractivity contribution is 8.13. The summed E-state index contributed by atoms with van der Waals surface area (Å²) < 4.78 is 18.5. The number of carbonyl (C=O) groups excluding carboxylic acids is 1. The Balaban J connectivity index is 1.67. The van der Waals surface area contributed by atoms with E-state index in [1.54, 1.807) is 36.3 Å². The molecule has 1 heterocycles. The van der Waals surface area contributed by atoms with Gasteiger partial charge in [0.15, 0.2) is 5.17 Å². The van der Waals surface area contributed by atoms with E-state index in [2.05, 4.69) is 4.99 Å². The maximum absolute atomic E-state index is 13.2. The van der Waals surface area contributed by atoms with Crippen LogP contribution in [-0.4, -0.2) is 18.2 Å². The highest BCUT2D eigenvalue weighted by atomic mass is 35.5. The van der Waals surface area contributed by atoms with E-state index >= 15 is 0 Å². The first-order valence-corrected chi connectivity index (χ1v) is 10.8. The zero-order chi connectivity index (χ0) is 21.8. The second-order valence-electron chi connectivity index (χ2n) is 6.73. The number of nitrogens with zero attached hydrogens (tertiary/aromatic N) is 2. The lowest BCUT2D eigenvalue weighted by atomic mass is 10.2. The third-order valence-electron chi connectivity index (χ3n) is 4.60. The monoisotopic (exact) mass is 452 g/mol. The van der Waals surface area contributed by atoms with E-state index in [4.69, 9.17) is 16.3 Å². The number of hydrogen-bond acceptors (Lipinski definition) is 4. The molecule has 0 saturated carbocycles. The molecule has 0 atom stereocenters. The molecule has 0 bridgehead atoms. The number of aliphatic imine (C=N–C) groups is 1. The van der Waals surface area contributed by atoms with Crippen LogP contribution < -0.4 is 9.64 Å². The average Bonchev–Trinajstić information content (AvgIpc) is 3.10. The number of halogens is 2. The molecule has 0 aliphatic carbocycles. The fourth-order valence-corrected chi connectivity index (χ4v) is 4.11. The summed E-state index contributed by atoms with van der Waals surface area (Å²) >= 11 is 7.42. The maximum atomic E-state index is 13.2. The van der Waals surface area contributed by atoms with Crippen molar-refractivity contribution in [2.24, 2.45) is 4.99 Å². The molecule has 156 valence electrons. The SMILES string of the molecule is COc1cccc(N2C(=O)/C(=C/c3ccc(F)cc3)N=C2SCc2ccc(Cl)cc2)c1. The molecule has 1 amide bonds. The van der Waals surface area contributed by atoms with Crippen LogP contribution in [0, 0.1) is 5.82 Å². The molecular weight excluding hydrogens is 435 g/mol. The number of amidine groups is 1. The normalized spacial score (nSPS) is 14.8. The van der Waals surface area contributed by atoms with Gasteiger partial charge in [-0.15, -0.1) is 0 Å². The molecule has 0 spiro atoms. The number of hydrogen-bond donors (Lipinski definition) is 0. The van der Waals surface area contributed by atoms with E-state index in [0.717, 1.165) is 5.56 Å². The summed E-state index contributed by atoms with van der Waals surface area (Å²) in [4.78, 5) is 19.4. The third-order valence-corrected chi connectivity index (χ3v) is 5.86. The summed E-state index contributed by atoms with van der Waals surface area (Å²) in [5, 5.41) is 1.23. The van der Waals surface area contributed by atoms with Crippen LogP contribution >= 0.6 is 23.4 Å². The summed E-state index contributed by atoms with van der Waals surface area (Å²) in [6.45, 7) is 0. The Morgan fingerprint density at radius 3 is 2.55 bits per heavy atom. The van der Waals surface area contributed by atoms with Crippen molar-refractivity contribution in [1.82, 2.24) is 0 Å². The minimum atomic E-state index is -0.333. The zero-order valence-corrected chi connectivity index (χ0v) is 18.2. The van der Waals surface area contributed by atoms with Crippen molar-refractivity contribution in [3.63, 3.8) is 0 Å². The average molecular weight is 453 g/mol. The third kappa shape index (κ3) is 4.98. The Bertz CT molecular complexity index is 1160. The predicted octanol–water partition coefficient (Wildman–Crippen LogP) is 6.16. The molecule has 4 nitrogen and oxygen atoms in total. The zero-order valence-electron chi connectivity index (χ0n) is 16.6. The fraction of sp³-hybridized carbons (Fsp3) is 0.0833. The molecule has 0 radical (unpaired) electrons. The van der Waals surface area contributed by atoms with E-state index in [1.807, 2.05) is 42.5 Å². The van der Waals surface area contributed by atoms with E-state index in [1.165, 1.54) is 23.9 Å². The Labute approximate surface area is 189 Å². The molecule has 7 heteroatoms. The molecule has 3 aromatic carbocycles. The number of ether oxygens (including phenoxy) is 1. The van der Waals surface area contributed by atoms with Gasteiger partial charge in [0.2, 0.25) is 0 Å². The van der Waals surface area contributed by atoms with Gasteiger partial charge in [-0.3, -0.25) is 9.69 Å². The number of thioether (sulfide) groups is 1. The Hall–Kier alpha value is -3.09. The fourth-order valence-electron chi connectivity index (χ4n) is 3.02. The van der Waals surface area contributed by atoms with Crippen LogP contribution in [0.15, 0.2) is 83.5 Å². The topological polar surface area (TPSA) is 41.9 Å². The van der Waals surface area contributed by atoms with Crippen molar-refractivity contribution in [2.75, 3.05) is 12.0 Å². The van der Waals surface area contributed by atoms with Gasteiger partial charge in [0, 0.05) is 16.8 Å². The predicted molar refractivity (Wildman–Crippen MR) is 125 cm³/mol. The lowest BCUT2D eigenvalue weighted by Crippen LogP contribution is -2.30. The van der Waals surface area contributed by atoms with Gasteiger partial charge in [-0.05, 0) is 53.6 Å². The Morgan fingerprint density at radius 2 is 1.84 bits per heavy atom. The largest absolute Gasteiger partial charge is 0.497 e. The Morgan fingerprint density at radius 1 is 1.10 bits per heavy atom. The van der Waals surface area contributed by atoms with Crippen LogP contribution in [0.3, 0.4) is 0 Å². The number of methoxy groups -OCH3 is 1. The van der Waals surface area contributed by atoms with E-state index in [9.17, 15) is 9.18 Å². The number of rotatable bonds is 5. The molecule has 0 unspecified atom stereocenters. The lowest BCUT2D eigenvalue weighted by Gasteiger charge is -2.18. The first kappa shape index (κ1) is 21.2.